The normalized spacial score (nSPS) is 15.3. The maximum atomic E-state index is 13.6. The lowest BCUT2D eigenvalue weighted by Gasteiger charge is -2.32. The average Bonchev–Trinajstić information content (AvgIpc) is 3.59. The molecule has 2 aromatic heterocycles. The Kier molecular flexibility index (Phi) is 10.7. The van der Waals surface area contributed by atoms with Gasteiger partial charge in [-0.05, 0) is 60.2 Å². The van der Waals surface area contributed by atoms with E-state index in [-0.39, 0.29) is 12.4 Å². The van der Waals surface area contributed by atoms with Crippen LogP contribution < -0.4 is 14.8 Å². The van der Waals surface area contributed by atoms with Crippen molar-refractivity contribution in [3.8, 4) is 11.5 Å². The fourth-order valence-corrected chi connectivity index (χ4v) is 6.42. The number of hydrogen-bond donors (Lipinski definition) is 1. The number of halogens is 2. The van der Waals surface area contributed by atoms with Crippen LogP contribution in [0.5, 0.6) is 11.5 Å². The predicted molar refractivity (Wildman–Crippen MR) is 187 cm³/mol. The highest BCUT2D eigenvalue weighted by molar-refractivity contribution is 7.71. The van der Waals surface area contributed by atoms with Gasteiger partial charge in [0.05, 0.1) is 23.9 Å². The van der Waals surface area contributed by atoms with Crippen LogP contribution in [0.3, 0.4) is 0 Å². The minimum Gasteiger partial charge on any atom is -0.496 e. The number of aromatic nitrogens is 3. The number of rotatable bonds is 14. The molecule has 1 N–H and O–H groups in total. The van der Waals surface area contributed by atoms with E-state index in [0.29, 0.717) is 71.5 Å². The second kappa shape index (κ2) is 15.5. The van der Waals surface area contributed by atoms with Crippen molar-refractivity contribution in [1.29, 1.82) is 0 Å². The number of fused-ring (bicyclic) bond motifs is 1. The molecule has 0 amide bonds. The van der Waals surface area contributed by atoms with Crippen molar-refractivity contribution in [3.63, 3.8) is 0 Å². The summed E-state index contributed by atoms with van der Waals surface area (Å²) < 4.78 is 55.0. The number of anilines is 2. The third kappa shape index (κ3) is 8.34. The lowest BCUT2D eigenvalue weighted by Crippen LogP contribution is -2.34. The van der Waals surface area contributed by atoms with E-state index in [0.717, 1.165) is 16.6 Å². The van der Waals surface area contributed by atoms with Crippen LogP contribution in [-0.4, -0.2) is 54.0 Å². The fourth-order valence-electron chi connectivity index (χ4n) is 5.73. The van der Waals surface area contributed by atoms with E-state index in [2.05, 4.69) is 20.3 Å². The Morgan fingerprint density at radius 1 is 1.04 bits per heavy atom. The van der Waals surface area contributed by atoms with Gasteiger partial charge < -0.3 is 19.5 Å². The van der Waals surface area contributed by atoms with Crippen molar-refractivity contribution in [2.45, 2.75) is 31.5 Å². The minimum absolute atomic E-state index is 0.166. The molecule has 0 saturated carbocycles. The molecule has 1 aliphatic heterocycles. The van der Waals surface area contributed by atoms with Crippen LogP contribution in [-0.2, 0) is 33.7 Å². The first-order chi connectivity index (χ1) is 23.8. The summed E-state index contributed by atoms with van der Waals surface area (Å²) in [5, 5.41) is 4.43. The molecule has 0 radical (unpaired) electrons. The van der Waals surface area contributed by atoms with Gasteiger partial charge in [0.15, 0.2) is 0 Å². The Bertz CT molecular complexity index is 2100. The van der Waals surface area contributed by atoms with Crippen molar-refractivity contribution in [2.24, 2.45) is 0 Å². The van der Waals surface area contributed by atoms with Gasteiger partial charge >= 0.3 is 0 Å². The molecule has 10 nitrogen and oxygen atoms in total. The van der Waals surface area contributed by atoms with Gasteiger partial charge in [0.25, 0.3) is 0 Å². The summed E-state index contributed by atoms with van der Waals surface area (Å²) in [6, 6.07) is 20.9. The quantitative estimate of drug-likeness (QED) is 0.123. The van der Waals surface area contributed by atoms with Crippen molar-refractivity contribution in [3.05, 3.63) is 125 Å². The number of pyridine rings is 1. The first-order valence-electron chi connectivity index (χ1n) is 15.5. The highest BCUT2D eigenvalue weighted by Crippen LogP contribution is 2.45. The van der Waals surface area contributed by atoms with E-state index in [1.54, 1.807) is 48.7 Å². The Balaban J connectivity index is 1.25. The van der Waals surface area contributed by atoms with Crippen LogP contribution >= 0.6 is 11.6 Å². The highest BCUT2D eigenvalue weighted by atomic mass is 35.5. The van der Waals surface area contributed by atoms with E-state index < -0.39 is 15.9 Å². The van der Waals surface area contributed by atoms with Gasteiger partial charge in [-0.1, -0.05) is 29.8 Å². The summed E-state index contributed by atoms with van der Waals surface area (Å²) in [5.41, 5.74) is 4.01. The SMILES string of the molecule is COc1cc2ncnc(Nc3ccc(OCc4cccc(F)c4)c(Cl)c3)c2cc1C1(CCN(C=S(=O)=O)CCc2ccccn2)CC=CO1. The van der Waals surface area contributed by atoms with Gasteiger partial charge in [-0.25, -0.2) is 14.4 Å². The molecule has 3 heterocycles. The van der Waals surface area contributed by atoms with Gasteiger partial charge in [0, 0.05) is 66.9 Å². The number of benzene rings is 3. The van der Waals surface area contributed by atoms with E-state index in [1.165, 1.54) is 24.0 Å². The van der Waals surface area contributed by atoms with Crippen LogP contribution in [0, 0.1) is 5.82 Å². The van der Waals surface area contributed by atoms with Gasteiger partial charge in [0.1, 0.15) is 47.2 Å². The smallest absolute Gasteiger partial charge is 0.225 e. The summed E-state index contributed by atoms with van der Waals surface area (Å²) in [6.07, 6.45) is 8.37. The Hall–Kier alpha value is -5.04. The Morgan fingerprint density at radius 3 is 2.67 bits per heavy atom. The molecular weight excluding hydrogens is 669 g/mol. The van der Waals surface area contributed by atoms with Crippen molar-refractivity contribution in [1.82, 2.24) is 19.9 Å². The van der Waals surface area contributed by atoms with Crippen molar-refractivity contribution >= 4 is 49.8 Å². The highest BCUT2D eigenvalue weighted by Gasteiger charge is 2.39. The molecule has 3 aromatic carbocycles. The molecule has 5 aromatic rings. The van der Waals surface area contributed by atoms with Gasteiger partial charge in [0.2, 0.25) is 10.3 Å². The Labute approximate surface area is 289 Å². The number of ether oxygens (including phenoxy) is 3. The molecule has 0 fully saturated rings. The molecule has 1 unspecified atom stereocenters. The van der Waals surface area contributed by atoms with Gasteiger partial charge in [-0.15, -0.1) is 0 Å². The summed E-state index contributed by atoms with van der Waals surface area (Å²) >= 11 is 6.57. The molecular formula is C36H33ClFN5O5S. The molecule has 0 saturated heterocycles. The molecule has 0 bridgehead atoms. The summed E-state index contributed by atoms with van der Waals surface area (Å²) in [7, 11) is -0.791. The molecule has 6 rings (SSSR count). The molecule has 0 spiro atoms. The van der Waals surface area contributed by atoms with Crippen LogP contribution in [0.25, 0.3) is 10.9 Å². The lowest BCUT2D eigenvalue weighted by atomic mass is 9.86. The van der Waals surface area contributed by atoms with Crippen LogP contribution in [0.4, 0.5) is 15.9 Å². The van der Waals surface area contributed by atoms with Crippen molar-refractivity contribution < 1.29 is 27.0 Å². The minimum atomic E-state index is -2.38. The predicted octanol–water partition coefficient (Wildman–Crippen LogP) is 6.85. The molecule has 1 aliphatic rings. The van der Waals surface area contributed by atoms with E-state index in [1.807, 2.05) is 42.5 Å². The Morgan fingerprint density at radius 2 is 1.94 bits per heavy atom. The number of nitrogens with zero attached hydrogens (tertiary/aromatic N) is 4. The fraction of sp³-hybridized carbons (Fsp3) is 0.222. The van der Waals surface area contributed by atoms with E-state index in [4.69, 9.17) is 25.8 Å². The zero-order valence-corrected chi connectivity index (χ0v) is 28.1. The second-order valence-electron chi connectivity index (χ2n) is 11.4. The molecule has 49 heavy (non-hydrogen) atoms. The first kappa shape index (κ1) is 33.8. The summed E-state index contributed by atoms with van der Waals surface area (Å²) in [6.45, 7) is 1.02. The van der Waals surface area contributed by atoms with Crippen molar-refractivity contribution in [2.75, 3.05) is 25.5 Å². The summed E-state index contributed by atoms with van der Waals surface area (Å²) in [5.74, 6) is 1.24. The topological polar surface area (TPSA) is 116 Å². The third-order valence-corrected chi connectivity index (χ3v) is 8.95. The van der Waals surface area contributed by atoms with E-state index >= 15 is 0 Å². The summed E-state index contributed by atoms with van der Waals surface area (Å²) in [4.78, 5) is 15.1. The van der Waals surface area contributed by atoms with E-state index in [9.17, 15) is 12.8 Å². The zero-order valence-electron chi connectivity index (χ0n) is 26.6. The number of hydrogen-bond acceptors (Lipinski definition) is 9. The van der Waals surface area contributed by atoms with Gasteiger partial charge in [-0.2, -0.15) is 8.42 Å². The molecule has 0 aliphatic carbocycles. The maximum absolute atomic E-state index is 13.6. The molecule has 13 heteroatoms. The van der Waals surface area contributed by atoms with Gasteiger partial charge in [-0.3, -0.25) is 9.88 Å². The lowest BCUT2D eigenvalue weighted by molar-refractivity contribution is 0.0256. The van der Waals surface area contributed by atoms with Crippen LogP contribution in [0.1, 0.15) is 29.7 Å². The van der Waals surface area contributed by atoms with Crippen LogP contribution in [0.15, 0.2) is 97.7 Å². The average molecular weight is 702 g/mol. The monoisotopic (exact) mass is 701 g/mol. The largest absolute Gasteiger partial charge is 0.496 e. The number of methoxy groups -OCH3 is 1. The first-order valence-corrected chi connectivity index (χ1v) is 17.0. The maximum Gasteiger partial charge on any atom is 0.225 e. The zero-order chi connectivity index (χ0) is 34.2. The second-order valence-corrected chi connectivity index (χ2v) is 12.5. The number of nitrogens with one attached hydrogen (secondary N) is 1. The molecule has 1 atom stereocenters. The van der Waals surface area contributed by atoms with Crippen LogP contribution in [0.2, 0.25) is 5.02 Å². The standard InChI is InChI=1S/C36H33ClFN5O5S/c1-46-34-21-32-29(35(41-23-40-32)42-28-9-10-33(31(37)19-28)47-22-25-6-4-7-26(38)18-25)20-30(34)36(12-5-17-48-36)13-16-43(24-49(44)45)15-11-27-8-2-3-14-39-27/h2-10,14,17-21,23-24H,11-13,15-16,22H2,1H3,(H,40,41,42). The third-order valence-electron chi connectivity index (χ3n) is 8.18. The molecule has 252 valence electrons.